The minimum absolute atomic E-state index is 0.160. The molecule has 3 aliphatic rings. The number of carbonyl (C=O) groups excluding carboxylic acids is 1. The molecule has 0 bridgehead atoms. The molecule has 0 N–H and O–H groups in total. The first kappa shape index (κ1) is 13.0. The lowest BCUT2D eigenvalue weighted by molar-refractivity contribution is 0.0905. The molecule has 106 valence electrons. The van der Waals surface area contributed by atoms with Gasteiger partial charge in [-0.15, -0.1) is 0 Å². The highest BCUT2D eigenvalue weighted by atomic mass is 127. The summed E-state index contributed by atoms with van der Waals surface area (Å²) in [7, 11) is 0. The van der Waals surface area contributed by atoms with E-state index in [1.54, 1.807) is 3.11 Å². The number of aromatic nitrogens is 1. The number of hydrogen-bond donors (Lipinski definition) is 0. The van der Waals surface area contributed by atoms with Gasteiger partial charge in [-0.3, -0.25) is 17.8 Å². The number of carbonyl (C=O) groups is 1. The zero-order valence-electron chi connectivity index (χ0n) is 11.4. The standard InChI is InChI=1S/C15H18IN3O/c16-19-9-13-12(15(19)20)7-11(8-18-5-1-2-6-18)17-14(13)10-3-4-10/h7,10H,1-6,8-9H2. The fraction of sp³-hybridized carbons (Fsp3) is 0.600. The summed E-state index contributed by atoms with van der Waals surface area (Å²) in [6, 6.07) is 2.04. The van der Waals surface area contributed by atoms with E-state index in [1.807, 2.05) is 6.07 Å². The molecule has 1 aromatic heterocycles. The molecular weight excluding hydrogens is 365 g/mol. The van der Waals surface area contributed by atoms with Crippen molar-refractivity contribution in [1.29, 1.82) is 0 Å². The number of nitrogens with zero attached hydrogens (tertiary/aromatic N) is 3. The quantitative estimate of drug-likeness (QED) is 0.595. The number of amides is 1. The third-order valence-electron chi connectivity index (χ3n) is 4.51. The van der Waals surface area contributed by atoms with E-state index < -0.39 is 0 Å². The highest BCUT2D eigenvalue weighted by Crippen LogP contribution is 2.43. The van der Waals surface area contributed by atoms with Gasteiger partial charge in [-0.05, 0) is 44.8 Å². The van der Waals surface area contributed by atoms with E-state index in [2.05, 4.69) is 27.8 Å². The maximum Gasteiger partial charge on any atom is 0.263 e. The molecule has 0 unspecified atom stereocenters. The van der Waals surface area contributed by atoms with Crippen molar-refractivity contribution in [3.63, 3.8) is 0 Å². The fourth-order valence-electron chi connectivity index (χ4n) is 3.29. The summed E-state index contributed by atoms with van der Waals surface area (Å²) >= 11 is 2.12. The zero-order chi connectivity index (χ0) is 13.7. The van der Waals surface area contributed by atoms with Crippen LogP contribution in [-0.4, -0.2) is 32.0 Å². The van der Waals surface area contributed by atoms with Crippen molar-refractivity contribution in [3.8, 4) is 0 Å². The van der Waals surface area contributed by atoms with Gasteiger partial charge in [-0.2, -0.15) is 0 Å². The normalized spacial score (nSPS) is 22.6. The number of halogens is 1. The van der Waals surface area contributed by atoms with Crippen molar-refractivity contribution in [2.24, 2.45) is 0 Å². The number of likely N-dealkylation sites (tertiary alicyclic amines) is 1. The molecule has 0 aromatic carbocycles. The molecule has 0 atom stereocenters. The lowest BCUT2D eigenvalue weighted by Gasteiger charge is -2.15. The lowest BCUT2D eigenvalue weighted by Crippen LogP contribution is -2.20. The van der Waals surface area contributed by atoms with Crippen LogP contribution in [0.25, 0.3) is 0 Å². The predicted octanol–water partition coefficient (Wildman–Crippen LogP) is 2.86. The minimum atomic E-state index is 0.160. The number of hydrogen-bond acceptors (Lipinski definition) is 3. The molecule has 0 radical (unpaired) electrons. The van der Waals surface area contributed by atoms with E-state index in [-0.39, 0.29) is 5.91 Å². The highest BCUT2D eigenvalue weighted by Gasteiger charge is 2.35. The van der Waals surface area contributed by atoms with Crippen LogP contribution in [0.3, 0.4) is 0 Å². The van der Waals surface area contributed by atoms with Crippen LogP contribution >= 0.6 is 22.9 Å². The van der Waals surface area contributed by atoms with Crippen molar-refractivity contribution in [3.05, 3.63) is 28.6 Å². The summed E-state index contributed by atoms with van der Waals surface area (Å²) in [5, 5.41) is 0. The molecule has 1 saturated heterocycles. The van der Waals surface area contributed by atoms with Gasteiger partial charge in [0.2, 0.25) is 0 Å². The SMILES string of the molecule is O=C1c2cc(CN3CCCC3)nc(C3CC3)c2CN1I. The largest absolute Gasteiger partial charge is 0.298 e. The zero-order valence-corrected chi connectivity index (χ0v) is 13.6. The second kappa shape index (κ2) is 4.94. The molecule has 1 aliphatic carbocycles. The summed E-state index contributed by atoms with van der Waals surface area (Å²) in [5.41, 5.74) is 4.40. The number of rotatable bonds is 3. The van der Waals surface area contributed by atoms with Gasteiger partial charge >= 0.3 is 0 Å². The van der Waals surface area contributed by atoms with E-state index in [4.69, 9.17) is 4.98 Å². The summed E-state index contributed by atoms with van der Waals surface area (Å²) < 4.78 is 1.79. The van der Waals surface area contributed by atoms with Crippen LogP contribution in [0, 0.1) is 0 Å². The first-order valence-electron chi connectivity index (χ1n) is 7.45. The van der Waals surface area contributed by atoms with Crippen molar-refractivity contribution in [1.82, 2.24) is 13.0 Å². The Morgan fingerprint density at radius 3 is 2.75 bits per heavy atom. The highest BCUT2D eigenvalue weighted by molar-refractivity contribution is 14.1. The monoisotopic (exact) mass is 383 g/mol. The Morgan fingerprint density at radius 1 is 1.30 bits per heavy atom. The molecule has 0 spiro atoms. The molecule has 3 heterocycles. The molecule has 1 aromatic rings. The average molecular weight is 383 g/mol. The average Bonchev–Trinajstić information content (AvgIpc) is 3.09. The summed E-state index contributed by atoms with van der Waals surface area (Å²) in [4.78, 5) is 19.6. The van der Waals surface area contributed by atoms with Crippen LogP contribution in [-0.2, 0) is 13.1 Å². The fourth-order valence-corrected chi connectivity index (χ4v) is 3.89. The van der Waals surface area contributed by atoms with Gasteiger partial charge in [0.15, 0.2) is 0 Å². The maximum absolute atomic E-state index is 12.3. The van der Waals surface area contributed by atoms with Gasteiger partial charge in [-0.1, -0.05) is 0 Å². The Balaban J connectivity index is 1.70. The minimum Gasteiger partial charge on any atom is -0.298 e. The van der Waals surface area contributed by atoms with Crippen molar-refractivity contribution in [2.75, 3.05) is 13.1 Å². The van der Waals surface area contributed by atoms with Crippen LogP contribution < -0.4 is 0 Å². The third kappa shape index (κ3) is 2.24. The topological polar surface area (TPSA) is 36.4 Å². The van der Waals surface area contributed by atoms with Gasteiger partial charge in [0, 0.05) is 29.3 Å². The smallest absolute Gasteiger partial charge is 0.263 e. The van der Waals surface area contributed by atoms with Crippen LogP contribution in [0.15, 0.2) is 6.07 Å². The lowest BCUT2D eigenvalue weighted by atomic mass is 10.0. The first-order chi connectivity index (χ1) is 9.72. The van der Waals surface area contributed by atoms with Crippen molar-refractivity contribution < 1.29 is 4.79 Å². The molecular formula is C15H18IN3O. The van der Waals surface area contributed by atoms with Crippen molar-refractivity contribution in [2.45, 2.75) is 44.7 Å². The summed E-state index contributed by atoms with van der Waals surface area (Å²) in [6.07, 6.45) is 5.06. The second-order valence-electron chi connectivity index (χ2n) is 6.11. The molecule has 4 nitrogen and oxygen atoms in total. The maximum atomic E-state index is 12.3. The molecule has 5 heteroatoms. The molecule has 2 fully saturated rings. The molecule has 2 aliphatic heterocycles. The third-order valence-corrected chi connectivity index (χ3v) is 5.28. The molecule has 1 saturated carbocycles. The summed E-state index contributed by atoms with van der Waals surface area (Å²) in [6.45, 7) is 3.98. The first-order valence-corrected chi connectivity index (χ1v) is 8.41. The molecule has 20 heavy (non-hydrogen) atoms. The van der Waals surface area contributed by atoms with E-state index in [0.29, 0.717) is 5.92 Å². The number of pyridine rings is 1. The van der Waals surface area contributed by atoms with Crippen LogP contribution in [0.4, 0.5) is 0 Å². The van der Waals surface area contributed by atoms with Crippen LogP contribution in [0.1, 0.15) is 58.9 Å². The Kier molecular flexibility index (Phi) is 3.22. The Morgan fingerprint density at radius 2 is 2.05 bits per heavy atom. The number of fused-ring (bicyclic) bond motifs is 1. The van der Waals surface area contributed by atoms with E-state index in [1.165, 1.54) is 50.0 Å². The van der Waals surface area contributed by atoms with Gasteiger partial charge in [0.1, 0.15) is 0 Å². The second-order valence-corrected chi connectivity index (χ2v) is 7.27. The molecule has 4 rings (SSSR count). The summed E-state index contributed by atoms with van der Waals surface area (Å²) in [5.74, 6) is 0.769. The van der Waals surface area contributed by atoms with E-state index in [0.717, 1.165) is 24.3 Å². The molecule has 1 amide bonds. The van der Waals surface area contributed by atoms with Crippen LogP contribution in [0.2, 0.25) is 0 Å². The Bertz CT molecular complexity index is 564. The van der Waals surface area contributed by atoms with Gasteiger partial charge in [-0.25, -0.2) is 0 Å². The van der Waals surface area contributed by atoms with Gasteiger partial charge in [0.25, 0.3) is 5.91 Å². The van der Waals surface area contributed by atoms with Gasteiger partial charge in [0.05, 0.1) is 35.1 Å². The van der Waals surface area contributed by atoms with E-state index in [9.17, 15) is 4.79 Å². The van der Waals surface area contributed by atoms with Gasteiger partial charge < -0.3 is 0 Å². The van der Waals surface area contributed by atoms with Crippen molar-refractivity contribution >= 4 is 28.8 Å². The van der Waals surface area contributed by atoms with E-state index >= 15 is 0 Å². The Labute approximate surface area is 133 Å². The van der Waals surface area contributed by atoms with Crippen LogP contribution in [0.5, 0.6) is 0 Å². The Hall–Kier alpha value is -0.690. The predicted molar refractivity (Wildman–Crippen MR) is 84.6 cm³/mol.